The number of methoxy groups -OCH3 is 1. The number of carbonyl (C=O) groups excluding carboxylic acids is 2. The van der Waals surface area contributed by atoms with Crippen molar-refractivity contribution in [2.75, 3.05) is 12.0 Å². The number of Topliss-reactive ketones (excluding diaryl/α,β-unsaturated/α-hetero) is 1. The first-order valence-electron chi connectivity index (χ1n) is 11.3. The average molecular weight is 467 g/mol. The van der Waals surface area contributed by atoms with Crippen LogP contribution in [0.2, 0.25) is 0 Å². The van der Waals surface area contributed by atoms with E-state index in [1.54, 1.807) is 31.4 Å². The second-order valence-corrected chi connectivity index (χ2v) is 8.80. The van der Waals surface area contributed by atoms with E-state index in [1.807, 2.05) is 63.2 Å². The second-order valence-electron chi connectivity index (χ2n) is 8.80. The number of anilines is 1. The number of rotatable bonds is 5. The quantitative estimate of drug-likeness (QED) is 0.299. The standard InChI is InChI=1S/C29H26N2O4/c1-17(2)22-15-23(18(3)14-24(22)35-4)27(32)25-26(20-8-6-5-7-9-20)31(29(34)28(25)33)21-12-10-19(16-30)11-13-21/h5-15,17,26,32H,1-4H3/b27-25+. The third-order valence-electron chi connectivity index (χ3n) is 6.29. The van der Waals surface area contributed by atoms with Gasteiger partial charge in [0, 0.05) is 11.3 Å². The Balaban J connectivity index is 1.96. The van der Waals surface area contributed by atoms with Gasteiger partial charge in [-0.2, -0.15) is 5.26 Å². The summed E-state index contributed by atoms with van der Waals surface area (Å²) in [7, 11) is 1.60. The summed E-state index contributed by atoms with van der Waals surface area (Å²) >= 11 is 0. The maximum absolute atomic E-state index is 13.4. The zero-order chi connectivity index (χ0) is 25.3. The highest BCUT2D eigenvalue weighted by molar-refractivity contribution is 6.51. The van der Waals surface area contributed by atoms with Crippen LogP contribution in [0, 0.1) is 18.3 Å². The highest BCUT2D eigenvalue weighted by atomic mass is 16.5. The molecule has 3 aromatic carbocycles. The molecule has 35 heavy (non-hydrogen) atoms. The number of hydrogen-bond donors (Lipinski definition) is 1. The van der Waals surface area contributed by atoms with Crippen LogP contribution in [-0.4, -0.2) is 23.9 Å². The fraction of sp³-hybridized carbons (Fsp3) is 0.207. The van der Waals surface area contributed by atoms with E-state index >= 15 is 0 Å². The van der Waals surface area contributed by atoms with E-state index in [9.17, 15) is 14.7 Å². The number of nitriles is 1. The van der Waals surface area contributed by atoms with Gasteiger partial charge in [0.05, 0.1) is 30.4 Å². The molecule has 3 aromatic rings. The predicted molar refractivity (Wildman–Crippen MR) is 134 cm³/mol. The van der Waals surface area contributed by atoms with Crippen LogP contribution in [0.4, 0.5) is 5.69 Å². The topological polar surface area (TPSA) is 90.6 Å². The number of amides is 1. The zero-order valence-corrected chi connectivity index (χ0v) is 20.1. The molecule has 1 N–H and O–H groups in total. The molecule has 6 nitrogen and oxygen atoms in total. The lowest BCUT2D eigenvalue weighted by Gasteiger charge is -2.25. The molecule has 1 amide bonds. The molecule has 0 aromatic heterocycles. The normalized spacial score (nSPS) is 17.0. The Kier molecular flexibility index (Phi) is 6.44. The number of ketones is 1. The van der Waals surface area contributed by atoms with Gasteiger partial charge in [-0.25, -0.2) is 0 Å². The van der Waals surface area contributed by atoms with E-state index in [4.69, 9.17) is 10.00 Å². The summed E-state index contributed by atoms with van der Waals surface area (Å²) in [4.78, 5) is 28.1. The molecule has 0 spiro atoms. The molecule has 176 valence electrons. The van der Waals surface area contributed by atoms with E-state index in [0.717, 1.165) is 11.1 Å². The molecular weight excluding hydrogens is 440 g/mol. The van der Waals surface area contributed by atoms with Gasteiger partial charge in [0.25, 0.3) is 11.7 Å². The molecule has 0 aliphatic carbocycles. The van der Waals surface area contributed by atoms with Crippen LogP contribution in [0.3, 0.4) is 0 Å². The Morgan fingerprint density at radius 2 is 1.71 bits per heavy atom. The highest BCUT2D eigenvalue weighted by Gasteiger charge is 2.47. The molecule has 4 rings (SSSR count). The summed E-state index contributed by atoms with van der Waals surface area (Å²) in [6.07, 6.45) is 0. The van der Waals surface area contributed by atoms with Crippen molar-refractivity contribution in [3.63, 3.8) is 0 Å². The van der Waals surface area contributed by atoms with E-state index < -0.39 is 17.7 Å². The van der Waals surface area contributed by atoms with Gasteiger partial charge in [-0.3, -0.25) is 14.5 Å². The summed E-state index contributed by atoms with van der Waals surface area (Å²) in [5, 5.41) is 20.7. The summed E-state index contributed by atoms with van der Waals surface area (Å²) in [5.41, 5.74) is 3.71. The Hall–Kier alpha value is -4.37. The molecule has 1 fully saturated rings. The molecular formula is C29H26N2O4. The minimum atomic E-state index is -0.826. The number of carbonyl (C=O) groups is 2. The minimum absolute atomic E-state index is 0.0218. The number of ether oxygens (including phenoxy) is 1. The zero-order valence-electron chi connectivity index (χ0n) is 20.1. The molecule has 1 unspecified atom stereocenters. The van der Waals surface area contributed by atoms with E-state index in [1.165, 1.54) is 4.90 Å². The summed E-state index contributed by atoms with van der Waals surface area (Å²) < 4.78 is 5.52. The fourth-order valence-electron chi connectivity index (χ4n) is 4.47. The number of aliphatic hydroxyl groups is 1. The second kappa shape index (κ2) is 9.47. The van der Waals surface area contributed by atoms with Gasteiger partial charge in [0.15, 0.2) is 0 Å². The van der Waals surface area contributed by atoms with E-state index in [0.29, 0.717) is 28.1 Å². The van der Waals surface area contributed by atoms with Gasteiger partial charge in [0.2, 0.25) is 0 Å². The lowest BCUT2D eigenvalue weighted by atomic mass is 9.91. The molecule has 0 bridgehead atoms. The van der Waals surface area contributed by atoms with Crippen molar-refractivity contribution in [2.24, 2.45) is 0 Å². The molecule has 1 aliphatic heterocycles. The maximum atomic E-state index is 13.4. The van der Waals surface area contributed by atoms with Gasteiger partial charge in [-0.15, -0.1) is 0 Å². The van der Waals surface area contributed by atoms with E-state index in [-0.39, 0.29) is 17.3 Å². The number of aryl methyl sites for hydroxylation is 1. The number of nitrogens with zero attached hydrogens (tertiary/aromatic N) is 2. The Morgan fingerprint density at radius 1 is 1.06 bits per heavy atom. The molecule has 0 radical (unpaired) electrons. The summed E-state index contributed by atoms with van der Waals surface area (Å²) in [5.74, 6) is -0.910. The van der Waals surface area contributed by atoms with Crippen molar-refractivity contribution in [2.45, 2.75) is 32.7 Å². The summed E-state index contributed by atoms with van der Waals surface area (Å²) in [6, 6.07) is 20.5. The highest BCUT2D eigenvalue weighted by Crippen LogP contribution is 2.43. The van der Waals surface area contributed by atoms with Crippen LogP contribution in [0.5, 0.6) is 5.75 Å². The van der Waals surface area contributed by atoms with Crippen molar-refractivity contribution < 1.29 is 19.4 Å². The molecule has 1 atom stereocenters. The van der Waals surface area contributed by atoms with Crippen LogP contribution in [0.25, 0.3) is 5.76 Å². The van der Waals surface area contributed by atoms with Gasteiger partial charge >= 0.3 is 0 Å². The minimum Gasteiger partial charge on any atom is -0.507 e. The van der Waals surface area contributed by atoms with Gasteiger partial charge in [-0.05, 0) is 65.9 Å². The van der Waals surface area contributed by atoms with Gasteiger partial charge in [-0.1, -0.05) is 44.2 Å². The maximum Gasteiger partial charge on any atom is 0.300 e. The Labute approximate surface area is 204 Å². The smallest absolute Gasteiger partial charge is 0.300 e. The van der Waals surface area contributed by atoms with Crippen molar-refractivity contribution in [3.8, 4) is 11.8 Å². The Morgan fingerprint density at radius 3 is 2.29 bits per heavy atom. The first-order valence-corrected chi connectivity index (χ1v) is 11.3. The molecule has 0 saturated carbocycles. The number of benzene rings is 3. The van der Waals surface area contributed by atoms with Crippen LogP contribution in [0.1, 0.15) is 53.6 Å². The number of hydrogen-bond acceptors (Lipinski definition) is 5. The van der Waals surface area contributed by atoms with Crippen molar-refractivity contribution in [3.05, 3.63) is 100 Å². The molecule has 1 aliphatic rings. The SMILES string of the molecule is COc1cc(C)c(/C(O)=C2\C(=O)C(=O)N(c3ccc(C#N)cc3)C2c2ccccc2)cc1C(C)C. The van der Waals surface area contributed by atoms with Crippen molar-refractivity contribution in [1.82, 2.24) is 0 Å². The lowest BCUT2D eigenvalue weighted by Crippen LogP contribution is -2.29. The van der Waals surface area contributed by atoms with Crippen LogP contribution in [0.15, 0.2) is 72.3 Å². The molecule has 1 heterocycles. The monoisotopic (exact) mass is 466 g/mol. The fourth-order valence-corrected chi connectivity index (χ4v) is 4.47. The third kappa shape index (κ3) is 4.17. The summed E-state index contributed by atoms with van der Waals surface area (Å²) in [6.45, 7) is 5.87. The Bertz CT molecular complexity index is 1370. The predicted octanol–water partition coefficient (Wildman–Crippen LogP) is 5.63. The van der Waals surface area contributed by atoms with Crippen molar-refractivity contribution >= 4 is 23.1 Å². The van der Waals surface area contributed by atoms with Crippen LogP contribution >= 0.6 is 0 Å². The largest absolute Gasteiger partial charge is 0.507 e. The first kappa shape index (κ1) is 23.8. The van der Waals surface area contributed by atoms with Crippen LogP contribution in [-0.2, 0) is 9.59 Å². The van der Waals surface area contributed by atoms with Crippen molar-refractivity contribution in [1.29, 1.82) is 5.26 Å². The average Bonchev–Trinajstić information content (AvgIpc) is 3.14. The lowest BCUT2D eigenvalue weighted by molar-refractivity contribution is -0.132. The number of aliphatic hydroxyl groups excluding tert-OH is 1. The molecule has 6 heteroatoms. The third-order valence-corrected chi connectivity index (χ3v) is 6.29. The van der Waals surface area contributed by atoms with E-state index in [2.05, 4.69) is 6.07 Å². The van der Waals surface area contributed by atoms with Gasteiger partial charge in [0.1, 0.15) is 11.5 Å². The van der Waals surface area contributed by atoms with Crippen LogP contribution < -0.4 is 9.64 Å². The van der Waals surface area contributed by atoms with Gasteiger partial charge < -0.3 is 9.84 Å². The first-order chi connectivity index (χ1) is 16.8. The molecule has 1 saturated heterocycles.